The molecule has 0 aromatic carbocycles. The summed E-state index contributed by atoms with van der Waals surface area (Å²) < 4.78 is 3.89. The number of nitrogens with zero attached hydrogens (tertiary/aromatic N) is 4. The highest BCUT2D eigenvalue weighted by atomic mass is 35.5. The molecule has 1 atom stereocenters. The number of nitrogens with one attached hydrogen (secondary N) is 2. The van der Waals surface area contributed by atoms with Crippen LogP contribution >= 0.6 is 24.8 Å². The molecule has 1 amide bonds. The van der Waals surface area contributed by atoms with Gasteiger partial charge in [-0.25, -0.2) is 4.98 Å². The van der Waals surface area contributed by atoms with Gasteiger partial charge in [0.1, 0.15) is 11.9 Å². The van der Waals surface area contributed by atoms with E-state index in [-0.39, 0.29) is 30.7 Å². The van der Waals surface area contributed by atoms with Crippen molar-refractivity contribution in [3.8, 4) is 0 Å². The molecule has 7 nitrogen and oxygen atoms in total. The standard InChI is InChI=1S/C15H22N6O.2ClH/c1-16-14(11-7-18-20(2)9-11)15(22)17-8-12-10-21-6-4-3-5-13(21)19-12;;/h7,9-10,14,16H,3-6,8H2,1-2H3,(H,17,22);2*1H. The van der Waals surface area contributed by atoms with Crippen LogP contribution in [0.5, 0.6) is 0 Å². The molecule has 1 aliphatic rings. The van der Waals surface area contributed by atoms with Crippen molar-refractivity contribution in [2.75, 3.05) is 7.05 Å². The van der Waals surface area contributed by atoms with E-state index in [2.05, 4.69) is 25.3 Å². The Balaban J connectivity index is 0.00000144. The van der Waals surface area contributed by atoms with Gasteiger partial charge in [0.25, 0.3) is 0 Å². The highest BCUT2D eigenvalue weighted by Crippen LogP contribution is 2.15. The first-order chi connectivity index (χ1) is 10.7. The Morgan fingerprint density at radius 2 is 2.12 bits per heavy atom. The Kier molecular flexibility index (Phi) is 7.72. The molecule has 3 heterocycles. The zero-order valence-corrected chi connectivity index (χ0v) is 15.5. The summed E-state index contributed by atoms with van der Waals surface area (Å²) in [4.78, 5) is 17.0. The van der Waals surface area contributed by atoms with E-state index < -0.39 is 6.04 Å². The van der Waals surface area contributed by atoms with Crippen LogP contribution in [0.4, 0.5) is 0 Å². The van der Waals surface area contributed by atoms with Crippen LogP contribution in [0.1, 0.15) is 36.0 Å². The summed E-state index contributed by atoms with van der Waals surface area (Å²) in [5.74, 6) is 1.06. The average Bonchev–Trinajstić information content (AvgIpc) is 3.12. The van der Waals surface area contributed by atoms with Crippen LogP contribution in [0, 0.1) is 0 Å². The van der Waals surface area contributed by atoms with E-state index in [0.717, 1.165) is 30.0 Å². The number of hydrogen-bond donors (Lipinski definition) is 2. The second-order valence-corrected chi connectivity index (χ2v) is 5.69. The summed E-state index contributed by atoms with van der Waals surface area (Å²) in [7, 11) is 3.61. The first kappa shape index (κ1) is 20.5. The molecule has 1 unspecified atom stereocenters. The van der Waals surface area contributed by atoms with Gasteiger partial charge in [0, 0.05) is 38.0 Å². The molecule has 0 spiro atoms. The smallest absolute Gasteiger partial charge is 0.242 e. The number of likely N-dealkylation sites (N-methyl/N-ethyl adjacent to an activating group) is 1. The fraction of sp³-hybridized carbons (Fsp3) is 0.533. The number of aryl methyl sites for hydroxylation is 3. The van der Waals surface area contributed by atoms with Gasteiger partial charge in [0.15, 0.2) is 0 Å². The maximum Gasteiger partial charge on any atom is 0.242 e. The fourth-order valence-electron chi connectivity index (χ4n) is 2.87. The van der Waals surface area contributed by atoms with E-state index in [1.54, 1.807) is 17.9 Å². The normalized spacial score (nSPS) is 14.1. The Labute approximate surface area is 154 Å². The topological polar surface area (TPSA) is 76.8 Å². The number of carbonyl (C=O) groups excluding carboxylic acids is 1. The highest BCUT2D eigenvalue weighted by molar-refractivity contribution is 5.85. The van der Waals surface area contributed by atoms with Crippen molar-refractivity contribution in [3.63, 3.8) is 0 Å². The number of amides is 1. The number of aromatic nitrogens is 4. The molecule has 0 bridgehead atoms. The largest absolute Gasteiger partial charge is 0.349 e. The van der Waals surface area contributed by atoms with E-state index in [0.29, 0.717) is 6.54 Å². The minimum atomic E-state index is -0.397. The van der Waals surface area contributed by atoms with Gasteiger partial charge in [-0.15, -0.1) is 24.8 Å². The quantitative estimate of drug-likeness (QED) is 0.828. The lowest BCUT2D eigenvalue weighted by Gasteiger charge is -2.13. The highest BCUT2D eigenvalue weighted by Gasteiger charge is 2.20. The molecule has 0 saturated carbocycles. The summed E-state index contributed by atoms with van der Waals surface area (Å²) in [5.41, 5.74) is 1.78. The van der Waals surface area contributed by atoms with Crippen LogP contribution in [0.25, 0.3) is 0 Å². The van der Waals surface area contributed by atoms with Crippen LogP contribution in [0.3, 0.4) is 0 Å². The number of carbonyl (C=O) groups is 1. The molecular weight excluding hydrogens is 351 g/mol. The maximum absolute atomic E-state index is 12.4. The zero-order chi connectivity index (χ0) is 15.5. The molecule has 0 aliphatic carbocycles. The lowest BCUT2D eigenvalue weighted by molar-refractivity contribution is -0.123. The predicted octanol–water partition coefficient (Wildman–Crippen LogP) is 1.37. The fourth-order valence-corrected chi connectivity index (χ4v) is 2.87. The van der Waals surface area contributed by atoms with E-state index in [1.807, 2.05) is 19.4 Å². The number of imidazole rings is 1. The van der Waals surface area contributed by atoms with Gasteiger partial charge in [0.05, 0.1) is 18.4 Å². The summed E-state index contributed by atoms with van der Waals surface area (Å²) in [6, 6.07) is -0.397. The molecule has 3 rings (SSSR count). The average molecular weight is 375 g/mol. The SMILES string of the molecule is CNC(C(=O)NCc1cn2c(n1)CCCC2)c1cnn(C)c1.Cl.Cl. The minimum absolute atomic E-state index is 0. The van der Waals surface area contributed by atoms with Gasteiger partial charge in [-0.3, -0.25) is 9.48 Å². The van der Waals surface area contributed by atoms with E-state index in [4.69, 9.17) is 0 Å². The van der Waals surface area contributed by atoms with Gasteiger partial charge in [-0.1, -0.05) is 0 Å². The van der Waals surface area contributed by atoms with Crippen molar-refractivity contribution in [1.29, 1.82) is 0 Å². The number of hydrogen-bond acceptors (Lipinski definition) is 4. The van der Waals surface area contributed by atoms with Crippen LogP contribution in [0.15, 0.2) is 18.6 Å². The second-order valence-electron chi connectivity index (χ2n) is 5.69. The maximum atomic E-state index is 12.4. The summed E-state index contributed by atoms with van der Waals surface area (Å²) in [5, 5.41) is 10.1. The number of halogens is 2. The Morgan fingerprint density at radius 1 is 1.33 bits per heavy atom. The van der Waals surface area contributed by atoms with E-state index in [9.17, 15) is 4.79 Å². The summed E-state index contributed by atoms with van der Waals surface area (Å²) in [6.07, 6.45) is 9.03. The molecule has 2 aromatic rings. The molecule has 2 aromatic heterocycles. The molecule has 0 fully saturated rings. The van der Waals surface area contributed by atoms with Crippen molar-refractivity contribution < 1.29 is 4.79 Å². The van der Waals surface area contributed by atoms with Crippen LogP contribution in [-0.4, -0.2) is 32.3 Å². The van der Waals surface area contributed by atoms with Crippen LogP contribution in [-0.2, 0) is 31.4 Å². The molecule has 9 heteroatoms. The second kappa shape index (κ2) is 9.05. The third kappa shape index (κ3) is 4.49. The van der Waals surface area contributed by atoms with Gasteiger partial charge in [0.2, 0.25) is 5.91 Å². The zero-order valence-electron chi connectivity index (χ0n) is 13.9. The van der Waals surface area contributed by atoms with Gasteiger partial charge < -0.3 is 15.2 Å². The molecule has 134 valence electrons. The van der Waals surface area contributed by atoms with Crippen molar-refractivity contribution in [3.05, 3.63) is 35.7 Å². The van der Waals surface area contributed by atoms with Crippen molar-refractivity contribution in [2.24, 2.45) is 7.05 Å². The Morgan fingerprint density at radius 3 is 2.75 bits per heavy atom. The van der Waals surface area contributed by atoms with Crippen molar-refractivity contribution in [1.82, 2.24) is 30.0 Å². The molecular formula is C15H24Cl2N6O. The lowest BCUT2D eigenvalue weighted by atomic mass is 10.1. The number of rotatable bonds is 5. The molecule has 0 radical (unpaired) electrons. The molecule has 2 N–H and O–H groups in total. The first-order valence-electron chi connectivity index (χ1n) is 7.66. The third-order valence-corrected chi connectivity index (χ3v) is 4.01. The van der Waals surface area contributed by atoms with Gasteiger partial charge in [-0.05, 0) is 19.9 Å². The molecule has 24 heavy (non-hydrogen) atoms. The van der Waals surface area contributed by atoms with Gasteiger partial charge in [-0.2, -0.15) is 5.10 Å². The predicted molar refractivity (Wildman–Crippen MR) is 96.5 cm³/mol. The molecule has 1 aliphatic heterocycles. The van der Waals surface area contributed by atoms with E-state index >= 15 is 0 Å². The Bertz CT molecular complexity index is 645. The first-order valence-corrected chi connectivity index (χ1v) is 7.66. The van der Waals surface area contributed by atoms with Gasteiger partial charge >= 0.3 is 0 Å². The third-order valence-electron chi connectivity index (χ3n) is 4.01. The lowest BCUT2D eigenvalue weighted by Crippen LogP contribution is -2.35. The monoisotopic (exact) mass is 374 g/mol. The summed E-state index contributed by atoms with van der Waals surface area (Å²) in [6.45, 7) is 1.49. The van der Waals surface area contributed by atoms with Crippen LogP contribution in [0.2, 0.25) is 0 Å². The van der Waals surface area contributed by atoms with E-state index in [1.165, 1.54) is 12.8 Å². The minimum Gasteiger partial charge on any atom is -0.349 e. The van der Waals surface area contributed by atoms with Crippen molar-refractivity contribution >= 4 is 30.7 Å². The Hall–Kier alpha value is -1.57. The van der Waals surface area contributed by atoms with Crippen LogP contribution < -0.4 is 10.6 Å². The van der Waals surface area contributed by atoms with Crippen molar-refractivity contribution in [2.45, 2.75) is 38.4 Å². The summed E-state index contributed by atoms with van der Waals surface area (Å²) >= 11 is 0. The molecule has 0 saturated heterocycles. The number of fused-ring (bicyclic) bond motifs is 1.